The molecule has 1 aliphatic carbocycles. The fraction of sp³-hybridized carbons (Fsp3) is 0.455. The van der Waals surface area contributed by atoms with Gasteiger partial charge in [-0.25, -0.2) is 9.18 Å². The van der Waals surface area contributed by atoms with Gasteiger partial charge in [0.25, 0.3) is 5.56 Å². The van der Waals surface area contributed by atoms with Crippen LogP contribution in [0.1, 0.15) is 64.2 Å². The number of hydrogen-bond acceptors (Lipinski definition) is 5. The summed E-state index contributed by atoms with van der Waals surface area (Å²) in [6.45, 7) is 12.9. The molecule has 4 rings (SSSR count). The second-order valence-electron chi connectivity index (χ2n) is 12.9. The van der Waals surface area contributed by atoms with Gasteiger partial charge < -0.3 is 29.2 Å². The van der Waals surface area contributed by atoms with Gasteiger partial charge in [-0.15, -0.1) is 0 Å². The molecule has 2 N–H and O–H groups in total. The summed E-state index contributed by atoms with van der Waals surface area (Å²) < 4.78 is 28.2. The van der Waals surface area contributed by atoms with Gasteiger partial charge in [-0.3, -0.25) is 4.79 Å². The van der Waals surface area contributed by atoms with Gasteiger partial charge in [-0.1, -0.05) is 6.07 Å². The highest BCUT2D eigenvalue weighted by Crippen LogP contribution is 2.43. The van der Waals surface area contributed by atoms with Crippen molar-refractivity contribution in [3.8, 4) is 28.4 Å². The zero-order valence-corrected chi connectivity index (χ0v) is 25.6. The SMILES string of the molecule is Cc1cc(F)cc(C)c1Oc1ccc(C(C)(C)O)cc1-c1cn(C)c(=O)cc1OC1CC(CN(C(=O)O)C(C)(C)C)C1. The van der Waals surface area contributed by atoms with Crippen LogP contribution in [0, 0.1) is 25.6 Å². The quantitative estimate of drug-likeness (QED) is 0.305. The van der Waals surface area contributed by atoms with Gasteiger partial charge in [0.2, 0.25) is 0 Å². The monoisotopic (exact) mass is 580 g/mol. The van der Waals surface area contributed by atoms with Gasteiger partial charge in [-0.2, -0.15) is 0 Å². The highest BCUT2D eigenvalue weighted by atomic mass is 19.1. The first kappa shape index (κ1) is 31.1. The molecule has 42 heavy (non-hydrogen) atoms. The van der Waals surface area contributed by atoms with Crippen molar-refractivity contribution in [3.63, 3.8) is 0 Å². The van der Waals surface area contributed by atoms with E-state index in [0.717, 1.165) is 0 Å². The first-order valence-corrected chi connectivity index (χ1v) is 14.1. The van der Waals surface area contributed by atoms with Crippen LogP contribution in [0.2, 0.25) is 0 Å². The van der Waals surface area contributed by atoms with Crippen molar-refractivity contribution < 1.29 is 28.9 Å². The van der Waals surface area contributed by atoms with Crippen LogP contribution in [0.3, 0.4) is 0 Å². The third-order valence-corrected chi connectivity index (χ3v) is 7.77. The summed E-state index contributed by atoms with van der Waals surface area (Å²) in [5.41, 5.74) is 1.18. The Morgan fingerprint density at radius 2 is 1.64 bits per heavy atom. The van der Waals surface area contributed by atoms with Gasteiger partial charge in [0, 0.05) is 42.5 Å². The predicted octanol–water partition coefficient (Wildman–Crippen LogP) is 6.76. The maximum absolute atomic E-state index is 14.0. The normalized spacial score (nSPS) is 17.0. The summed E-state index contributed by atoms with van der Waals surface area (Å²) in [6.07, 6.45) is 1.83. The molecule has 226 valence electrons. The van der Waals surface area contributed by atoms with Crippen LogP contribution in [0.4, 0.5) is 9.18 Å². The molecule has 0 radical (unpaired) electrons. The fourth-order valence-corrected chi connectivity index (χ4v) is 5.29. The molecule has 1 heterocycles. The average Bonchev–Trinajstić information content (AvgIpc) is 2.83. The lowest BCUT2D eigenvalue weighted by molar-refractivity contribution is 0.0234. The predicted molar refractivity (Wildman–Crippen MR) is 160 cm³/mol. The zero-order chi connectivity index (χ0) is 31.1. The molecule has 0 bridgehead atoms. The number of aryl methyl sites for hydroxylation is 3. The molecule has 1 aliphatic rings. The average molecular weight is 581 g/mol. The van der Waals surface area contributed by atoms with E-state index in [4.69, 9.17) is 9.47 Å². The zero-order valence-electron chi connectivity index (χ0n) is 25.6. The van der Waals surface area contributed by atoms with E-state index in [2.05, 4.69) is 0 Å². The van der Waals surface area contributed by atoms with Gasteiger partial charge in [0.05, 0.1) is 11.7 Å². The number of aliphatic hydroxyl groups is 1. The Kier molecular flexibility index (Phi) is 8.47. The molecular weight excluding hydrogens is 539 g/mol. The Bertz CT molecular complexity index is 1520. The van der Waals surface area contributed by atoms with Crippen LogP contribution in [0.5, 0.6) is 17.2 Å². The molecular formula is C33H41FN2O6. The van der Waals surface area contributed by atoms with Crippen LogP contribution in [-0.2, 0) is 12.6 Å². The lowest BCUT2D eigenvalue weighted by Crippen LogP contribution is -2.50. The third-order valence-electron chi connectivity index (χ3n) is 7.77. The van der Waals surface area contributed by atoms with E-state index in [9.17, 15) is 24.2 Å². The third kappa shape index (κ3) is 6.78. The number of halogens is 1. The van der Waals surface area contributed by atoms with Crippen LogP contribution in [-0.4, -0.2) is 44.0 Å². The van der Waals surface area contributed by atoms with Crippen molar-refractivity contribution in [2.24, 2.45) is 13.0 Å². The van der Waals surface area contributed by atoms with E-state index < -0.39 is 17.2 Å². The molecule has 1 saturated carbocycles. The number of ether oxygens (including phenoxy) is 2. The van der Waals surface area contributed by atoms with Gasteiger partial charge in [-0.05, 0) is 108 Å². The molecule has 3 aromatic rings. The lowest BCUT2D eigenvalue weighted by atomic mass is 9.81. The summed E-state index contributed by atoms with van der Waals surface area (Å²) >= 11 is 0. The second-order valence-corrected chi connectivity index (χ2v) is 12.9. The summed E-state index contributed by atoms with van der Waals surface area (Å²) in [4.78, 5) is 26.0. The molecule has 1 fully saturated rings. The van der Waals surface area contributed by atoms with Crippen molar-refractivity contribution in [2.75, 3.05) is 6.54 Å². The summed E-state index contributed by atoms with van der Waals surface area (Å²) in [6, 6.07) is 9.60. The standard InChI is InChI=1S/C33H41FN2O6/c1-19-11-23(34)12-20(2)30(19)42-27-10-9-22(33(6,7)40)15-25(27)26-18-35(8)29(37)16-28(26)41-24-13-21(14-24)17-36(31(38)39)32(3,4)5/h9-12,15-16,18,21,24,40H,13-14,17H2,1-8H3,(H,38,39). The van der Waals surface area contributed by atoms with Crippen LogP contribution in [0.25, 0.3) is 11.1 Å². The molecule has 1 amide bonds. The summed E-state index contributed by atoms with van der Waals surface area (Å²) in [5.74, 6) is 1.14. The first-order chi connectivity index (χ1) is 19.4. The molecule has 9 heteroatoms. The minimum absolute atomic E-state index is 0.141. The van der Waals surface area contributed by atoms with E-state index in [1.54, 1.807) is 53.1 Å². The smallest absolute Gasteiger partial charge is 0.407 e. The molecule has 2 aromatic carbocycles. The van der Waals surface area contributed by atoms with Crippen molar-refractivity contribution in [1.82, 2.24) is 9.47 Å². The number of nitrogens with zero attached hydrogens (tertiary/aromatic N) is 2. The van der Waals surface area contributed by atoms with E-state index in [0.29, 0.717) is 64.5 Å². The van der Waals surface area contributed by atoms with Gasteiger partial charge >= 0.3 is 6.09 Å². The van der Waals surface area contributed by atoms with Crippen molar-refractivity contribution >= 4 is 6.09 Å². The van der Waals surface area contributed by atoms with Gasteiger partial charge in [0.15, 0.2) is 0 Å². The van der Waals surface area contributed by atoms with Crippen molar-refractivity contribution in [2.45, 2.75) is 78.6 Å². The minimum Gasteiger partial charge on any atom is -0.489 e. The van der Waals surface area contributed by atoms with E-state index in [1.807, 2.05) is 26.8 Å². The van der Waals surface area contributed by atoms with E-state index in [-0.39, 0.29) is 23.4 Å². The van der Waals surface area contributed by atoms with Crippen molar-refractivity contribution in [3.05, 3.63) is 75.5 Å². The topological polar surface area (TPSA) is 101 Å². The van der Waals surface area contributed by atoms with Crippen LogP contribution in [0.15, 0.2) is 47.4 Å². The Morgan fingerprint density at radius 1 is 1.02 bits per heavy atom. The van der Waals surface area contributed by atoms with Crippen LogP contribution >= 0.6 is 0 Å². The number of amides is 1. The Balaban J connectivity index is 1.71. The molecule has 0 aliphatic heterocycles. The number of carbonyl (C=O) groups is 1. The summed E-state index contributed by atoms with van der Waals surface area (Å²) in [7, 11) is 1.65. The number of aromatic nitrogens is 1. The molecule has 8 nitrogen and oxygen atoms in total. The number of hydrogen-bond donors (Lipinski definition) is 2. The minimum atomic E-state index is -1.15. The number of benzene rings is 2. The van der Waals surface area contributed by atoms with Crippen LogP contribution < -0.4 is 15.0 Å². The maximum atomic E-state index is 14.0. The largest absolute Gasteiger partial charge is 0.489 e. The molecule has 1 aromatic heterocycles. The maximum Gasteiger partial charge on any atom is 0.407 e. The molecule has 0 atom stereocenters. The highest BCUT2D eigenvalue weighted by molar-refractivity contribution is 5.76. The molecule has 0 unspecified atom stereocenters. The Hall–Kier alpha value is -3.85. The molecule has 0 spiro atoms. The van der Waals surface area contributed by atoms with E-state index in [1.165, 1.54) is 27.7 Å². The lowest BCUT2D eigenvalue weighted by Gasteiger charge is -2.42. The van der Waals surface area contributed by atoms with Crippen molar-refractivity contribution in [1.29, 1.82) is 0 Å². The number of carboxylic acid groups (broad SMARTS) is 1. The fourth-order valence-electron chi connectivity index (χ4n) is 5.29. The first-order valence-electron chi connectivity index (χ1n) is 14.1. The van der Waals surface area contributed by atoms with E-state index >= 15 is 0 Å². The molecule has 0 saturated heterocycles. The second kappa shape index (κ2) is 11.4. The van der Waals surface area contributed by atoms with Gasteiger partial charge in [0.1, 0.15) is 23.1 Å². The number of rotatable bonds is 8. The highest BCUT2D eigenvalue weighted by Gasteiger charge is 2.37. The number of pyridine rings is 1. The summed E-state index contributed by atoms with van der Waals surface area (Å²) in [5, 5.41) is 20.5. The Labute approximate surface area is 246 Å². The Morgan fingerprint density at radius 3 is 2.19 bits per heavy atom.